The van der Waals surface area contributed by atoms with Gasteiger partial charge in [-0.1, -0.05) is 25.5 Å². The summed E-state index contributed by atoms with van der Waals surface area (Å²) in [5.74, 6) is -0.454. The third-order valence-electron chi connectivity index (χ3n) is 11.4. The number of allylic oxidation sites excluding steroid dienone is 1. The van der Waals surface area contributed by atoms with Crippen LogP contribution >= 0.6 is 0 Å². The lowest BCUT2D eigenvalue weighted by atomic mass is 9.44. The van der Waals surface area contributed by atoms with Gasteiger partial charge < -0.3 is 39.7 Å². The molecule has 0 bridgehead atoms. The zero-order chi connectivity index (χ0) is 27.2. The maximum atomic E-state index is 12.4. The maximum Gasteiger partial charge on any atom is 0.331 e. The van der Waals surface area contributed by atoms with E-state index in [1.807, 2.05) is 0 Å². The van der Waals surface area contributed by atoms with Crippen LogP contribution in [0.3, 0.4) is 0 Å². The Kier molecular flexibility index (Phi) is 6.43. The molecule has 2 aliphatic heterocycles. The lowest BCUT2D eigenvalue weighted by Crippen LogP contribution is -2.65. The van der Waals surface area contributed by atoms with E-state index in [0.717, 1.165) is 31.3 Å². The standard InChI is InChI=1S/C29H42O9/c1-14-23(32)24(33)25(34)26(37-14)38-17-6-8-27(2)16(11-17)4-5-19-22(27)20(30)12-28(3)18(7-9-29(19,28)35)15-10-21(31)36-13-15/h10-11,14,17-20,22-26,30,32-35H,4-9,12-13H2,1-3H3/t14-,17-,18+,19+,20+,22+,23-,24+,25+,26-,27-,28+,29-/m0/s1. The van der Waals surface area contributed by atoms with Gasteiger partial charge in [-0.05, 0) is 80.6 Å². The van der Waals surface area contributed by atoms with Crippen LogP contribution in [0.1, 0.15) is 65.7 Å². The second-order valence-electron chi connectivity index (χ2n) is 13.2. The van der Waals surface area contributed by atoms with Crippen molar-refractivity contribution in [1.29, 1.82) is 0 Å². The lowest BCUT2D eigenvalue weighted by molar-refractivity contribution is -0.301. The van der Waals surface area contributed by atoms with Crippen LogP contribution in [0, 0.1) is 28.6 Å². The number of hydrogen-bond acceptors (Lipinski definition) is 9. The Morgan fingerprint density at radius 2 is 1.79 bits per heavy atom. The molecule has 0 radical (unpaired) electrons. The quantitative estimate of drug-likeness (QED) is 0.267. The Hall–Kier alpha value is -1.33. The van der Waals surface area contributed by atoms with Gasteiger partial charge >= 0.3 is 5.97 Å². The number of cyclic esters (lactones) is 1. The fraction of sp³-hybridized carbons (Fsp3) is 0.828. The van der Waals surface area contributed by atoms with E-state index in [0.29, 0.717) is 19.3 Å². The molecule has 9 nitrogen and oxygen atoms in total. The first kappa shape index (κ1) is 26.9. The van der Waals surface area contributed by atoms with Crippen molar-refractivity contribution in [1.82, 2.24) is 0 Å². The first-order valence-electron chi connectivity index (χ1n) is 14.2. The second kappa shape index (κ2) is 9.09. The van der Waals surface area contributed by atoms with E-state index in [1.54, 1.807) is 13.0 Å². The van der Waals surface area contributed by atoms with Crippen LogP contribution in [-0.2, 0) is 19.0 Å². The first-order valence-corrected chi connectivity index (χ1v) is 14.2. The number of ether oxygens (including phenoxy) is 3. The molecule has 6 aliphatic rings. The Bertz CT molecular complexity index is 1040. The van der Waals surface area contributed by atoms with Gasteiger partial charge in [-0.3, -0.25) is 0 Å². The Balaban J connectivity index is 1.23. The van der Waals surface area contributed by atoms with E-state index in [2.05, 4.69) is 19.9 Å². The Morgan fingerprint density at radius 3 is 2.50 bits per heavy atom. The Labute approximate surface area is 223 Å². The highest BCUT2D eigenvalue weighted by atomic mass is 16.7. The summed E-state index contributed by atoms with van der Waals surface area (Å²) in [4.78, 5) is 11.8. The van der Waals surface area contributed by atoms with Crippen LogP contribution in [0.5, 0.6) is 0 Å². The van der Waals surface area contributed by atoms with Gasteiger partial charge in [0.2, 0.25) is 0 Å². The van der Waals surface area contributed by atoms with Gasteiger partial charge in [-0.25, -0.2) is 4.79 Å². The molecule has 1 saturated heterocycles. The largest absolute Gasteiger partial charge is 0.458 e. The zero-order valence-electron chi connectivity index (χ0n) is 22.5. The summed E-state index contributed by atoms with van der Waals surface area (Å²) in [6.45, 7) is 6.21. The van der Waals surface area contributed by atoms with E-state index in [9.17, 15) is 30.3 Å². The molecule has 4 fully saturated rings. The molecule has 13 atom stereocenters. The van der Waals surface area contributed by atoms with Crippen molar-refractivity contribution in [3.63, 3.8) is 0 Å². The first-order chi connectivity index (χ1) is 17.9. The lowest BCUT2D eigenvalue weighted by Gasteiger charge is -2.63. The Morgan fingerprint density at radius 1 is 1.03 bits per heavy atom. The van der Waals surface area contributed by atoms with Gasteiger partial charge in [-0.2, -0.15) is 0 Å². The van der Waals surface area contributed by atoms with Crippen LogP contribution in [0.15, 0.2) is 23.3 Å². The van der Waals surface area contributed by atoms with E-state index in [1.165, 1.54) is 5.57 Å². The van der Waals surface area contributed by atoms with Crippen LogP contribution in [-0.4, -0.2) is 86.6 Å². The van der Waals surface area contributed by atoms with Crippen LogP contribution < -0.4 is 0 Å². The molecule has 38 heavy (non-hydrogen) atoms. The topological polar surface area (TPSA) is 146 Å². The highest BCUT2D eigenvalue weighted by Crippen LogP contribution is 2.69. The van der Waals surface area contributed by atoms with Gasteiger partial charge in [0.25, 0.3) is 0 Å². The predicted molar refractivity (Wildman–Crippen MR) is 134 cm³/mol. The van der Waals surface area contributed by atoms with E-state index >= 15 is 0 Å². The van der Waals surface area contributed by atoms with Crippen molar-refractivity contribution < 1.29 is 44.5 Å². The summed E-state index contributed by atoms with van der Waals surface area (Å²) in [5.41, 5.74) is 0.397. The van der Waals surface area contributed by atoms with Crippen molar-refractivity contribution in [2.24, 2.45) is 28.6 Å². The number of rotatable bonds is 3. The molecule has 0 amide bonds. The highest BCUT2D eigenvalue weighted by molar-refractivity contribution is 5.85. The van der Waals surface area contributed by atoms with Crippen molar-refractivity contribution in [3.8, 4) is 0 Å². The molecule has 0 aromatic heterocycles. The molecule has 212 valence electrons. The summed E-state index contributed by atoms with van der Waals surface area (Å²) in [7, 11) is 0. The minimum atomic E-state index is -1.35. The van der Waals surface area contributed by atoms with E-state index in [-0.39, 0.29) is 41.8 Å². The summed E-state index contributed by atoms with van der Waals surface area (Å²) in [5, 5.41) is 54.6. The summed E-state index contributed by atoms with van der Waals surface area (Å²) >= 11 is 0. The zero-order valence-corrected chi connectivity index (χ0v) is 22.5. The molecule has 0 aromatic rings. The van der Waals surface area contributed by atoms with Crippen LogP contribution in [0.25, 0.3) is 0 Å². The molecule has 9 heteroatoms. The highest BCUT2D eigenvalue weighted by Gasteiger charge is 2.69. The average Bonchev–Trinajstić information content (AvgIpc) is 3.41. The van der Waals surface area contributed by atoms with Gasteiger partial charge in [-0.15, -0.1) is 0 Å². The monoisotopic (exact) mass is 534 g/mol. The maximum absolute atomic E-state index is 12.4. The number of fused-ring (bicyclic) bond motifs is 5. The van der Waals surface area contributed by atoms with Gasteiger partial charge in [0.05, 0.1) is 23.9 Å². The van der Waals surface area contributed by atoms with Crippen molar-refractivity contribution in [2.75, 3.05) is 6.61 Å². The number of aliphatic hydroxyl groups excluding tert-OH is 4. The molecule has 4 aliphatic carbocycles. The molecular formula is C29H42O9. The van der Waals surface area contributed by atoms with Gasteiger partial charge in [0.1, 0.15) is 24.9 Å². The van der Waals surface area contributed by atoms with Crippen LogP contribution in [0.2, 0.25) is 0 Å². The number of esters is 1. The fourth-order valence-corrected chi connectivity index (χ4v) is 9.36. The molecule has 3 saturated carbocycles. The number of carbonyl (C=O) groups excluding carboxylic acids is 1. The normalized spacial score (nSPS) is 54.4. The summed E-state index contributed by atoms with van der Waals surface area (Å²) < 4.78 is 17.0. The SMILES string of the molecule is C[C@@H]1O[C@@H](O[C@@H]2C=C3CC[C@@H]4[C@H]([C@H](O)C[C@]5(C)[C@@H](C6=CC(=O)OC6)CC[C@]45O)[C@@]3(C)CC2)[C@H](O)[C@H](O)[C@H]1O. The molecular weight excluding hydrogens is 492 g/mol. The van der Waals surface area contributed by atoms with Crippen molar-refractivity contribution in [2.45, 2.75) is 114 Å². The van der Waals surface area contributed by atoms with Crippen molar-refractivity contribution >= 4 is 5.97 Å². The van der Waals surface area contributed by atoms with Gasteiger partial charge in [0, 0.05) is 11.5 Å². The predicted octanol–water partition coefficient (Wildman–Crippen LogP) is 1.35. The molecule has 0 unspecified atom stereocenters. The minimum absolute atomic E-state index is 0.0154. The average molecular weight is 535 g/mol. The summed E-state index contributed by atoms with van der Waals surface area (Å²) in [6, 6.07) is 0. The molecule has 6 rings (SSSR count). The molecule has 0 spiro atoms. The fourth-order valence-electron chi connectivity index (χ4n) is 9.36. The number of carbonyl (C=O) groups is 1. The molecule has 2 heterocycles. The summed E-state index contributed by atoms with van der Waals surface area (Å²) in [6.07, 6.45) is 2.06. The smallest absolute Gasteiger partial charge is 0.331 e. The minimum Gasteiger partial charge on any atom is -0.458 e. The van der Waals surface area contributed by atoms with E-state index < -0.39 is 47.8 Å². The van der Waals surface area contributed by atoms with Crippen molar-refractivity contribution in [3.05, 3.63) is 23.3 Å². The molecule has 5 N–H and O–H groups in total. The van der Waals surface area contributed by atoms with Crippen LogP contribution in [0.4, 0.5) is 0 Å². The third-order valence-corrected chi connectivity index (χ3v) is 11.4. The number of hydrogen-bond donors (Lipinski definition) is 5. The molecule has 0 aromatic carbocycles. The number of aliphatic hydroxyl groups is 5. The van der Waals surface area contributed by atoms with E-state index in [4.69, 9.17) is 14.2 Å². The third kappa shape index (κ3) is 3.73. The van der Waals surface area contributed by atoms with Gasteiger partial charge in [0.15, 0.2) is 6.29 Å². The second-order valence-corrected chi connectivity index (χ2v) is 13.2.